The summed E-state index contributed by atoms with van der Waals surface area (Å²) in [6.07, 6.45) is 0. The number of nitriles is 2. The van der Waals surface area contributed by atoms with E-state index in [1.54, 1.807) is 6.07 Å². The number of rotatable bonds is 3. The van der Waals surface area contributed by atoms with Crippen LogP contribution in [0, 0.1) is 22.7 Å². The highest BCUT2D eigenvalue weighted by Gasteiger charge is 2.24. The zero-order chi connectivity index (χ0) is 34.9. The van der Waals surface area contributed by atoms with Gasteiger partial charge in [0.05, 0.1) is 51.0 Å². The minimum absolute atomic E-state index is 0.0149. The highest BCUT2D eigenvalue weighted by molar-refractivity contribution is 6.14. The molecule has 0 spiro atoms. The fourth-order valence-electron chi connectivity index (χ4n) is 7.40. The number of benzene rings is 6. The van der Waals surface area contributed by atoms with Crippen LogP contribution in [0.4, 0.5) is 0 Å². The molecule has 0 N–H and O–H groups in total. The van der Waals surface area contributed by atoms with Gasteiger partial charge in [-0.15, -0.1) is 0 Å². The Labute approximate surface area is 293 Å². The van der Waals surface area contributed by atoms with E-state index in [0.29, 0.717) is 11.1 Å². The molecule has 242 valence electrons. The van der Waals surface area contributed by atoms with Gasteiger partial charge in [0.1, 0.15) is 0 Å². The second kappa shape index (κ2) is 11.2. The molecular formula is C46H38N4. The molecule has 50 heavy (non-hydrogen) atoms. The minimum atomic E-state index is -0.0149. The summed E-state index contributed by atoms with van der Waals surface area (Å²) in [7, 11) is 0. The quantitative estimate of drug-likeness (QED) is 0.192. The molecule has 2 aromatic heterocycles. The molecular weight excluding hydrogens is 609 g/mol. The standard InChI is InChI=1S/C46H38N4/c1-45(2,3)32-16-18-41-37(23-32)38-24-33(46(4,5)6)17-19-42(38)50(41)43-26-39-35-14-10-11-15-40(35)49(34-12-8-7-9-13-34)44(39)25-36(43)31-21-29(27-47)20-30(22-31)28-48/h7-26H,1-6H3. The molecule has 0 aliphatic heterocycles. The molecule has 0 saturated carbocycles. The predicted octanol–water partition coefficient (Wildman–Crippen LogP) is 11.9. The SMILES string of the molecule is CC(C)(C)c1ccc2c(c1)c1cc(C(C)(C)C)ccc1n2-c1cc2c3ccccc3n(-c3ccccc3)c2cc1-c1cc(C#N)cc(C#N)c1. The molecule has 4 heteroatoms. The zero-order valence-electron chi connectivity index (χ0n) is 29.3. The van der Waals surface area contributed by atoms with Gasteiger partial charge in [0.25, 0.3) is 0 Å². The van der Waals surface area contributed by atoms with Gasteiger partial charge in [0.15, 0.2) is 0 Å². The molecule has 0 atom stereocenters. The third-order valence-corrected chi connectivity index (χ3v) is 10.0. The highest BCUT2D eigenvalue weighted by atomic mass is 15.0. The molecule has 0 saturated heterocycles. The second-order valence-corrected chi connectivity index (χ2v) is 15.4. The fraction of sp³-hybridized carbons (Fsp3) is 0.174. The van der Waals surface area contributed by atoms with Crippen LogP contribution in [0.25, 0.3) is 66.1 Å². The van der Waals surface area contributed by atoms with E-state index in [2.05, 4.69) is 160 Å². The van der Waals surface area contributed by atoms with Gasteiger partial charge in [-0.1, -0.05) is 90.1 Å². The Morgan fingerprint density at radius 1 is 0.460 bits per heavy atom. The van der Waals surface area contributed by atoms with Gasteiger partial charge in [-0.2, -0.15) is 10.5 Å². The summed E-state index contributed by atoms with van der Waals surface area (Å²) in [5, 5.41) is 24.8. The maximum absolute atomic E-state index is 10.0. The maximum atomic E-state index is 10.0. The summed E-state index contributed by atoms with van der Waals surface area (Å²) in [5.41, 5.74) is 11.7. The molecule has 0 unspecified atom stereocenters. The third kappa shape index (κ3) is 4.96. The summed E-state index contributed by atoms with van der Waals surface area (Å²) < 4.78 is 4.70. The van der Waals surface area contributed by atoms with Crippen molar-refractivity contribution in [1.29, 1.82) is 10.5 Å². The highest BCUT2D eigenvalue weighted by Crippen LogP contribution is 2.43. The van der Waals surface area contributed by atoms with E-state index in [1.807, 2.05) is 18.2 Å². The molecule has 6 aromatic carbocycles. The lowest BCUT2D eigenvalue weighted by molar-refractivity contribution is 0.590. The van der Waals surface area contributed by atoms with Crippen molar-refractivity contribution in [1.82, 2.24) is 9.13 Å². The lowest BCUT2D eigenvalue weighted by atomic mass is 9.85. The van der Waals surface area contributed by atoms with Gasteiger partial charge >= 0.3 is 0 Å². The molecule has 0 aliphatic rings. The average molecular weight is 647 g/mol. The van der Waals surface area contributed by atoms with Crippen LogP contribution >= 0.6 is 0 Å². The number of hydrogen-bond donors (Lipinski definition) is 0. The Morgan fingerprint density at radius 2 is 0.980 bits per heavy atom. The summed E-state index contributed by atoms with van der Waals surface area (Å²) in [6.45, 7) is 13.6. The topological polar surface area (TPSA) is 57.4 Å². The number of para-hydroxylation sites is 2. The van der Waals surface area contributed by atoms with E-state index in [9.17, 15) is 10.5 Å². The smallest absolute Gasteiger partial charge is 0.0992 e. The number of nitrogens with zero attached hydrogens (tertiary/aromatic N) is 4. The van der Waals surface area contributed by atoms with Crippen molar-refractivity contribution in [2.24, 2.45) is 0 Å². The van der Waals surface area contributed by atoms with Crippen molar-refractivity contribution in [3.63, 3.8) is 0 Å². The zero-order valence-corrected chi connectivity index (χ0v) is 29.3. The van der Waals surface area contributed by atoms with E-state index in [0.717, 1.165) is 55.3 Å². The lowest BCUT2D eigenvalue weighted by Gasteiger charge is -2.20. The van der Waals surface area contributed by atoms with Crippen LogP contribution in [0.1, 0.15) is 63.8 Å². The third-order valence-electron chi connectivity index (χ3n) is 10.0. The molecule has 8 aromatic rings. The molecule has 8 rings (SSSR count). The van der Waals surface area contributed by atoms with Crippen molar-refractivity contribution in [3.05, 3.63) is 144 Å². The van der Waals surface area contributed by atoms with E-state index in [-0.39, 0.29) is 10.8 Å². The minimum Gasteiger partial charge on any atom is -0.309 e. The van der Waals surface area contributed by atoms with Crippen LogP contribution in [0.2, 0.25) is 0 Å². The molecule has 0 radical (unpaired) electrons. The first kappa shape index (κ1) is 31.2. The Balaban J connectivity index is 1.57. The Morgan fingerprint density at radius 3 is 1.54 bits per heavy atom. The van der Waals surface area contributed by atoms with Crippen molar-refractivity contribution in [2.45, 2.75) is 52.4 Å². The first-order chi connectivity index (χ1) is 24.0. The fourth-order valence-corrected chi connectivity index (χ4v) is 7.40. The van der Waals surface area contributed by atoms with Crippen LogP contribution in [0.5, 0.6) is 0 Å². The van der Waals surface area contributed by atoms with Gasteiger partial charge in [-0.05, 0) is 100 Å². The maximum Gasteiger partial charge on any atom is 0.0992 e. The monoisotopic (exact) mass is 646 g/mol. The van der Waals surface area contributed by atoms with Gasteiger partial charge in [-0.25, -0.2) is 0 Å². The van der Waals surface area contributed by atoms with E-state index < -0.39 is 0 Å². The molecule has 0 fully saturated rings. The Bertz CT molecular complexity index is 2630. The summed E-state index contributed by atoms with van der Waals surface area (Å²) >= 11 is 0. The van der Waals surface area contributed by atoms with Crippen LogP contribution in [0.15, 0.2) is 121 Å². The van der Waals surface area contributed by atoms with Crippen molar-refractivity contribution in [3.8, 4) is 34.6 Å². The average Bonchev–Trinajstić information content (AvgIpc) is 3.62. The van der Waals surface area contributed by atoms with Crippen molar-refractivity contribution >= 4 is 43.6 Å². The normalized spacial score (nSPS) is 12.2. The number of fused-ring (bicyclic) bond motifs is 6. The molecule has 4 nitrogen and oxygen atoms in total. The first-order valence-electron chi connectivity index (χ1n) is 17.1. The second-order valence-electron chi connectivity index (χ2n) is 15.4. The number of hydrogen-bond acceptors (Lipinski definition) is 2. The van der Waals surface area contributed by atoms with Crippen molar-refractivity contribution in [2.75, 3.05) is 0 Å². The van der Waals surface area contributed by atoms with Gasteiger partial charge < -0.3 is 9.13 Å². The van der Waals surface area contributed by atoms with Crippen LogP contribution in [-0.2, 0) is 10.8 Å². The van der Waals surface area contributed by atoms with E-state index in [1.165, 1.54) is 21.9 Å². The molecule has 0 aliphatic carbocycles. The van der Waals surface area contributed by atoms with Crippen LogP contribution < -0.4 is 0 Å². The Kier molecular flexibility index (Phi) is 7.00. The summed E-state index contributed by atoms with van der Waals surface area (Å²) in [5.74, 6) is 0. The summed E-state index contributed by atoms with van der Waals surface area (Å²) in [4.78, 5) is 0. The largest absolute Gasteiger partial charge is 0.309 e. The lowest BCUT2D eigenvalue weighted by Crippen LogP contribution is -2.10. The Hall–Kier alpha value is -6.10. The molecule has 2 heterocycles. The van der Waals surface area contributed by atoms with Gasteiger partial charge in [0, 0.05) is 32.8 Å². The van der Waals surface area contributed by atoms with Gasteiger partial charge in [-0.3, -0.25) is 0 Å². The van der Waals surface area contributed by atoms with E-state index >= 15 is 0 Å². The van der Waals surface area contributed by atoms with Crippen LogP contribution in [0.3, 0.4) is 0 Å². The first-order valence-corrected chi connectivity index (χ1v) is 17.1. The van der Waals surface area contributed by atoms with Crippen molar-refractivity contribution < 1.29 is 0 Å². The van der Waals surface area contributed by atoms with Gasteiger partial charge in [0.2, 0.25) is 0 Å². The molecule has 0 amide bonds. The number of aromatic nitrogens is 2. The van der Waals surface area contributed by atoms with Crippen LogP contribution in [-0.4, -0.2) is 9.13 Å². The predicted molar refractivity (Wildman–Crippen MR) is 207 cm³/mol. The summed E-state index contributed by atoms with van der Waals surface area (Å²) in [6, 6.07) is 47.4. The van der Waals surface area contributed by atoms with E-state index in [4.69, 9.17) is 0 Å². The molecule has 0 bridgehead atoms.